The van der Waals surface area contributed by atoms with Crippen LogP contribution in [0.15, 0.2) is 0 Å². The van der Waals surface area contributed by atoms with Gasteiger partial charge in [0.15, 0.2) is 0 Å². The minimum atomic E-state index is -1.49. The molecule has 0 aromatic carbocycles. The molecule has 0 aliphatic carbocycles. The number of amides is 3. The van der Waals surface area contributed by atoms with E-state index in [2.05, 4.69) is 16.0 Å². The van der Waals surface area contributed by atoms with Gasteiger partial charge < -0.3 is 37.0 Å². The Morgan fingerprint density at radius 1 is 0.793 bits per heavy atom. The van der Waals surface area contributed by atoms with Crippen LogP contribution in [0, 0.1) is 0 Å². The van der Waals surface area contributed by atoms with Crippen LogP contribution in [0.1, 0.15) is 12.8 Å². The molecular formula is C16H30N4O7S2. The quantitative estimate of drug-likeness (QED) is 0.137. The first-order valence-corrected chi connectivity index (χ1v) is 11.6. The maximum absolute atomic E-state index is 12.7. The molecule has 13 heteroatoms. The number of hydrogen-bond donors (Lipinski definition) is 7. The largest absolute Gasteiger partial charge is 0.480 e. The first-order valence-electron chi connectivity index (χ1n) is 8.80. The molecule has 4 atom stereocenters. The van der Waals surface area contributed by atoms with Gasteiger partial charge in [-0.1, -0.05) is 0 Å². The Morgan fingerprint density at radius 2 is 1.21 bits per heavy atom. The minimum Gasteiger partial charge on any atom is -0.480 e. The Hall–Kier alpha value is -1.54. The van der Waals surface area contributed by atoms with Gasteiger partial charge in [0.2, 0.25) is 17.7 Å². The number of nitrogens with two attached hydrogens (primary N) is 1. The Kier molecular flexibility index (Phi) is 14.5. The van der Waals surface area contributed by atoms with Crippen molar-refractivity contribution < 1.29 is 34.5 Å². The van der Waals surface area contributed by atoms with E-state index in [0.29, 0.717) is 11.5 Å². The van der Waals surface area contributed by atoms with Crippen LogP contribution in [0.3, 0.4) is 0 Å². The fourth-order valence-corrected chi connectivity index (χ4v) is 3.04. The van der Waals surface area contributed by atoms with E-state index >= 15 is 0 Å². The number of carboxylic acid groups (broad SMARTS) is 1. The number of rotatable bonds is 15. The number of aliphatic hydroxyl groups is 2. The van der Waals surface area contributed by atoms with Crippen molar-refractivity contribution in [2.24, 2.45) is 5.73 Å². The molecule has 168 valence electrons. The fraction of sp³-hybridized carbons (Fsp3) is 0.750. The summed E-state index contributed by atoms with van der Waals surface area (Å²) in [6.45, 7) is -1.38. The van der Waals surface area contributed by atoms with Crippen molar-refractivity contribution in [3.05, 3.63) is 0 Å². The molecule has 0 aromatic rings. The van der Waals surface area contributed by atoms with Crippen LogP contribution in [-0.2, 0) is 19.2 Å². The molecule has 4 unspecified atom stereocenters. The summed E-state index contributed by atoms with van der Waals surface area (Å²) in [5, 5.41) is 34.2. The summed E-state index contributed by atoms with van der Waals surface area (Å²) in [7, 11) is 0. The standard InChI is InChI=1S/C16H30N4O7S2/c1-28-5-3-10(18-13(23)9(17)7-21)14(24)19-11(4-6-29-2)15(25)20-12(8-22)16(26)27/h9-12,21-22H,3-8,17H2,1-2H3,(H,18,23)(H,19,24)(H,20,25)(H,26,27). The van der Waals surface area contributed by atoms with Crippen LogP contribution < -0.4 is 21.7 Å². The van der Waals surface area contributed by atoms with E-state index in [1.807, 2.05) is 12.5 Å². The van der Waals surface area contributed by atoms with Crippen LogP contribution in [-0.4, -0.2) is 100 Å². The summed E-state index contributed by atoms with van der Waals surface area (Å²) in [4.78, 5) is 48.1. The number of carbonyl (C=O) groups excluding carboxylic acids is 3. The van der Waals surface area contributed by atoms with E-state index in [0.717, 1.165) is 0 Å². The highest BCUT2D eigenvalue weighted by Crippen LogP contribution is 2.06. The molecule has 0 bridgehead atoms. The van der Waals surface area contributed by atoms with Gasteiger partial charge in [-0.15, -0.1) is 0 Å². The first-order chi connectivity index (χ1) is 13.7. The Bertz CT molecular complexity index is 553. The van der Waals surface area contributed by atoms with Crippen LogP contribution in [0.4, 0.5) is 0 Å². The predicted octanol–water partition coefficient (Wildman–Crippen LogP) is -2.66. The van der Waals surface area contributed by atoms with Crippen molar-refractivity contribution in [2.45, 2.75) is 37.0 Å². The molecule has 0 radical (unpaired) electrons. The summed E-state index contributed by atoms with van der Waals surface area (Å²) in [5.41, 5.74) is 5.46. The maximum Gasteiger partial charge on any atom is 0.328 e. The smallest absolute Gasteiger partial charge is 0.328 e. The normalized spacial score (nSPS) is 14.9. The molecule has 0 saturated carbocycles. The zero-order valence-corrected chi connectivity index (χ0v) is 18.1. The number of nitrogens with one attached hydrogen (secondary N) is 3. The molecule has 0 heterocycles. The number of aliphatic carboxylic acids is 1. The van der Waals surface area contributed by atoms with Crippen molar-refractivity contribution >= 4 is 47.2 Å². The average molecular weight is 455 g/mol. The highest BCUT2D eigenvalue weighted by atomic mass is 32.2. The second-order valence-electron chi connectivity index (χ2n) is 6.06. The molecule has 11 nitrogen and oxygen atoms in total. The molecule has 0 aromatic heterocycles. The molecule has 0 aliphatic heterocycles. The minimum absolute atomic E-state index is 0.218. The van der Waals surface area contributed by atoms with E-state index in [1.54, 1.807) is 0 Å². The van der Waals surface area contributed by atoms with E-state index in [-0.39, 0.29) is 12.8 Å². The lowest BCUT2D eigenvalue weighted by molar-refractivity contribution is -0.143. The SMILES string of the molecule is CSCCC(NC(=O)C(N)CO)C(=O)NC(CCSC)C(=O)NC(CO)C(=O)O. The molecule has 0 aliphatic rings. The summed E-state index contributed by atoms with van der Waals surface area (Å²) in [6, 6.07) is -4.71. The van der Waals surface area contributed by atoms with Crippen molar-refractivity contribution in [1.82, 2.24) is 16.0 Å². The molecule has 8 N–H and O–H groups in total. The Morgan fingerprint density at radius 3 is 1.55 bits per heavy atom. The van der Waals surface area contributed by atoms with Gasteiger partial charge in [0.05, 0.1) is 13.2 Å². The van der Waals surface area contributed by atoms with Crippen molar-refractivity contribution in [3.8, 4) is 0 Å². The number of aliphatic hydroxyl groups excluding tert-OH is 2. The average Bonchev–Trinajstić information content (AvgIpc) is 2.70. The summed E-state index contributed by atoms with van der Waals surface area (Å²) < 4.78 is 0. The molecule has 0 saturated heterocycles. The maximum atomic E-state index is 12.7. The van der Waals surface area contributed by atoms with E-state index in [4.69, 9.17) is 21.1 Å². The van der Waals surface area contributed by atoms with Gasteiger partial charge in [0.25, 0.3) is 0 Å². The summed E-state index contributed by atoms with van der Waals surface area (Å²) in [5.74, 6) is -2.44. The lowest BCUT2D eigenvalue weighted by Gasteiger charge is -2.24. The molecule has 3 amide bonds. The molecule has 0 fully saturated rings. The van der Waals surface area contributed by atoms with Gasteiger partial charge in [-0.3, -0.25) is 14.4 Å². The second kappa shape index (κ2) is 15.3. The third-order valence-corrected chi connectivity index (χ3v) is 5.11. The Labute approximate surface area is 177 Å². The summed E-state index contributed by atoms with van der Waals surface area (Å²) in [6.07, 6.45) is 4.12. The zero-order valence-electron chi connectivity index (χ0n) is 16.4. The van der Waals surface area contributed by atoms with Crippen molar-refractivity contribution in [3.63, 3.8) is 0 Å². The van der Waals surface area contributed by atoms with Gasteiger partial charge in [-0.25, -0.2) is 4.79 Å². The predicted molar refractivity (Wildman–Crippen MR) is 112 cm³/mol. The third kappa shape index (κ3) is 10.7. The number of carbonyl (C=O) groups is 4. The number of carboxylic acids is 1. The van der Waals surface area contributed by atoms with Gasteiger partial charge in [0.1, 0.15) is 24.2 Å². The van der Waals surface area contributed by atoms with Gasteiger partial charge >= 0.3 is 5.97 Å². The fourth-order valence-electron chi connectivity index (χ4n) is 2.10. The second-order valence-corrected chi connectivity index (χ2v) is 8.03. The van der Waals surface area contributed by atoms with E-state index < -0.39 is 61.1 Å². The van der Waals surface area contributed by atoms with E-state index in [9.17, 15) is 19.2 Å². The molecule has 0 spiro atoms. The van der Waals surface area contributed by atoms with Gasteiger partial charge in [-0.05, 0) is 36.9 Å². The molecule has 0 rings (SSSR count). The number of hydrogen-bond acceptors (Lipinski definition) is 9. The van der Waals surface area contributed by atoms with Gasteiger partial charge in [-0.2, -0.15) is 23.5 Å². The summed E-state index contributed by atoms with van der Waals surface area (Å²) >= 11 is 2.89. The molecular weight excluding hydrogens is 424 g/mol. The zero-order chi connectivity index (χ0) is 22.4. The van der Waals surface area contributed by atoms with Crippen molar-refractivity contribution in [1.29, 1.82) is 0 Å². The van der Waals surface area contributed by atoms with Crippen LogP contribution in [0.5, 0.6) is 0 Å². The van der Waals surface area contributed by atoms with Crippen LogP contribution in [0.2, 0.25) is 0 Å². The highest BCUT2D eigenvalue weighted by molar-refractivity contribution is 7.98. The monoisotopic (exact) mass is 454 g/mol. The highest BCUT2D eigenvalue weighted by Gasteiger charge is 2.29. The molecule has 29 heavy (non-hydrogen) atoms. The topological polar surface area (TPSA) is 191 Å². The van der Waals surface area contributed by atoms with E-state index in [1.165, 1.54) is 23.5 Å². The van der Waals surface area contributed by atoms with Crippen LogP contribution in [0.25, 0.3) is 0 Å². The Balaban J connectivity index is 5.25. The van der Waals surface area contributed by atoms with Gasteiger partial charge in [0, 0.05) is 0 Å². The lowest BCUT2D eigenvalue weighted by Crippen LogP contribution is -2.58. The van der Waals surface area contributed by atoms with Crippen LogP contribution >= 0.6 is 23.5 Å². The number of thioether (sulfide) groups is 2. The lowest BCUT2D eigenvalue weighted by atomic mass is 10.1. The first kappa shape index (κ1) is 27.5. The third-order valence-electron chi connectivity index (χ3n) is 3.82. The van der Waals surface area contributed by atoms with Crippen molar-refractivity contribution in [2.75, 3.05) is 37.2 Å².